The quantitative estimate of drug-likeness (QED) is 0.754. The number of carbonyl (C=O) groups excluding carboxylic acids is 1. The van der Waals surface area contributed by atoms with Crippen LogP contribution in [0.5, 0.6) is 0 Å². The lowest BCUT2D eigenvalue weighted by Crippen LogP contribution is -2.46. The van der Waals surface area contributed by atoms with Crippen molar-refractivity contribution in [2.24, 2.45) is 0 Å². The van der Waals surface area contributed by atoms with Gasteiger partial charge in [-0.15, -0.1) is 0 Å². The zero-order chi connectivity index (χ0) is 11.7. The lowest BCUT2D eigenvalue weighted by molar-refractivity contribution is 0.0737. The molecule has 1 saturated heterocycles. The molecule has 0 spiro atoms. The average molecular weight is 230 g/mol. The van der Waals surface area contributed by atoms with E-state index in [0.717, 1.165) is 37.2 Å². The van der Waals surface area contributed by atoms with Gasteiger partial charge in [0.25, 0.3) is 5.91 Å². The van der Waals surface area contributed by atoms with E-state index in [1.165, 1.54) is 0 Å². The van der Waals surface area contributed by atoms with Crippen LogP contribution in [0.1, 0.15) is 10.4 Å². The smallest absolute Gasteiger partial charge is 0.257 e. The molecule has 17 heavy (non-hydrogen) atoms. The Morgan fingerprint density at radius 2 is 2.18 bits per heavy atom. The molecule has 1 aliphatic rings. The van der Waals surface area contributed by atoms with Gasteiger partial charge in [0.15, 0.2) is 0 Å². The number of aromatic nitrogens is 2. The fourth-order valence-electron chi connectivity index (χ4n) is 2.16. The van der Waals surface area contributed by atoms with E-state index in [4.69, 9.17) is 0 Å². The highest BCUT2D eigenvalue weighted by Crippen LogP contribution is 2.17. The molecule has 1 aliphatic heterocycles. The third kappa shape index (κ3) is 1.78. The fraction of sp³-hybridized carbons (Fsp3) is 0.333. The van der Waals surface area contributed by atoms with Gasteiger partial charge in [0.05, 0.1) is 11.1 Å². The Balaban J connectivity index is 1.95. The van der Waals surface area contributed by atoms with Crippen molar-refractivity contribution in [3.63, 3.8) is 0 Å². The molecule has 3 rings (SSSR count). The summed E-state index contributed by atoms with van der Waals surface area (Å²) in [5.41, 5.74) is 2.34. The van der Waals surface area contributed by atoms with Crippen LogP contribution in [-0.4, -0.2) is 47.0 Å². The van der Waals surface area contributed by atoms with Crippen molar-refractivity contribution in [2.75, 3.05) is 26.2 Å². The highest BCUT2D eigenvalue weighted by Gasteiger charge is 2.21. The van der Waals surface area contributed by atoms with Gasteiger partial charge in [-0.05, 0) is 12.1 Å². The second-order valence-electron chi connectivity index (χ2n) is 4.14. The molecule has 0 radical (unpaired) electrons. The largest absolute Gasteiger partial charge is 0.359 e. The summed E-state index contributed by atoms with van der Waals surface area (Å²) >= 11 is 0. The predicted octanol–water partition coefficient (Wildman–Crippen LogP) is 0.608. The number of hydrogen-bond donors (Lipinski definition) is 2. The van der Waals surface area contributed by atoms with Crippen LogP contribution in [0.2, 0.25) is 0 Å². The van der Waals surface area contributed by atoms with Crippen molar-refractivity contribution in [1.82, 2.24) is 20.2 Å². The van der Waals surface area contributed by atoms with E-state index < -0.39 is 0 Å². The first kappa shape index (κ1) is 10.3. The Labute approximate surface area is 98.8 Å². The molecule has 1 fully saturated rings. The topological polar surface area (TPSA) is 61.0 Å². The van der Waals surface area contributed by atoms with E-state index in [0.29, 0.717) is 5.56 Å². The molecule has 0 saturated carbocycles. The van der Waals surface area contributed by atoms with E-state index in [1.54, 1.807) is 12.4 Å². The molecule has 2 aromatic heterocycles. The zero-order valence-corrected chi connectivity index (χ0v) is 9.44. The number of H-pyrrole nitrogens is 1. The first-order valence-electron chi connectivity index (χ1n) is 5.78. The number of amides is 1. The number of nitrogens with one attached hydrogen (secondary N) is 2. The van der Waals surface area contributed by atoms with Crippen LogP contribution in [-0.2, 0) is 0 Å². The summed E-state index contributed by atoms with van der Waals surface area (Å²) in [6.07, 6.45) is 3.47. The van der Waals surface area contributed by atoms with Gasteiger partial charge in [-0.1, -0.05) is 0 Å². The number of fused-ring (bicyclic) bond motifs is 1. The van der Waals surface area contributed by atoms with E-state index in [1.807, 2.05) is 17.0 Å². The summed E-state index contributed by atoms with van der Waals surface area (Å²) in [6, 6.07) is 3.79. The minimum absolute atomic E-state index is 0.0662. The van der Waals surface area contributed by atoms with Crippen LogP contribution in [0, 0.1) is 0 Å². The molecule has 1 amide bonds. The molecule has 5 heteroatoms. The maximum Gasteiger partial charge on any atom is 0.257 e. The highest BCUT2D eigenvalue weighted by molar-refractivity contribution is 6.05. The van der Waals surface area contributed by atoms with Crippen LogP contribution in [0.15, 0.2) is 24.5 Å². The van der Waals surface area contributed by atoms with Crippen LogP contribution < -0.4 is 5.32 Å². The Morgan fingerprint density at radius 3 is 3.00 bits per heavy atom. The summed E-state index contributed by atoms with van der Waals surface area (Å²) in [4.78, 5) is 21.5. The summed E-state index contributed by atoms with van der Waals surface area (Å²) in [6.45, 7) is 3.25. The first-order chi connectivity index (χ1) is 8.36. The third-order valence-corrected chi connectivity index (χ3v) is 3.07. The van der Waals surface area contributed by atoms with Gasteiger partial charge in [-0.3, -0.25) is 9.78 Å². The SMILES string of the molecule is O=C(c1c[nH]c2cccnc12)N1CCNCC1. The molecule has 0 aromatic carbocycles. The molecule has 0 atom stereocenters. The number of carbonyl (C=O) groups is 1. The van der Waals surface area contributed by atoms with Crippen molar-refractivity contribution < 1.29 is 4.79 Å². The Kier molecular flexibility index (Phi) is 2.53. The minimum Gasteiger partial charge on any atom is -0.359 e. The Morgan fingerprint density at radius 1 is 1.35 bits per heavy atom. The van der Waals surface area contributed by atoms with Crippen LogP contribution in [0.25, 0.3) is 11.0 Å². The van der Waals surface area contributed by atoms with Crippen molar-refractivity contribution >= 4 is 16.9 Å². The lowest BCUT2D eigenvalue weighted by atomic mass is 10.2. The molecule has 0 unspecified atom stereocenters. The summed E-state index contributed by atoms with van der Waals surface area (Å²) in [5, 5.41) is 3.23. The molecule has 0 bridgehead atoms. The molecule has 3 heterocycles. The van der Waals surface area contributed by atoms with Gasteiger partial charge in [0.2, 0.25) is 0 Å². The van der Waals surface area contributed by atoms with E-state index in [-0.39, 0.29) is 5.91 Å². The maximum absolute atomic E-state index is 12.3. The number of piperazine rings is 1. The van der Waals surface area contributed by atoms with Gasteiger partial charge in [-0.2, -0.15) is 0 Å². The number of hydrogen-bond acceptors (Lipinski definition) is 3. The lowest BCUT2D eigenvalue weighted by Gasteiger charge is -2.27. The third-order valence-electron chi connectivity index (χ3n) is 3.07. The molecule has 5 nitrogen and oxygen atoms in total. The predicted molar refractivity (Wildman–Crippen MR) is 64.9 cm³/mol. The monoisotopic (exact) mass is 230 g/mol. The van der Waals surface area contributed by atoms with Gasteiger partial charge in [0, 0.05) is 38.6 Å². The maximum atomic E-state index is 12.3. The summed E-state index contributed by atoms with van der Waals surface area (Å²) in [7, 11) is 0. The minimum atomic E-state index is 0.0662. The zero-order valence-electron chi connectivity index (χ0n) is 9.44. The number of nitrogens with zero attached hydrogens (tertiary/aromatic N) is 2. The van der Waals surface area contributed by atoms with Crippen molar-refractivity contribution in [3.05, 3.63) is 30.1 Å². The van der Waals surface area contributed by atoms with Crippen LogP contribution in [0.3, 0.4) is 0 Å². The molecular weight excluding hydrogens is 216 g/mol. The molecule has 2 aromatic rings. The van der Waals surface area contributed by atoms with Gasteiger partial charge in [-0.25, -0.2) is 0 Å². The van der Waals surface area contributed by atoms with E-state index >= 15 is 0 Å². The Hall–Kier alpha value is -1.88. The second kappa shape index (κ2) is 4.18. The highest BCUT2D eigenvalue weighted by atomic mass is 16.2. The normalized spacial score (nSPS) is 16.4. The van der Waals surface area contributed by atoms with Crippen molar-refractivity contribution in [3.8, 4) is 0 Å². The molecule has 2 N–H and O–H groups in total. The van der Waals surface area contributed by atoms with Crippen molar-refractivity contribution in [1.29, 1.82) is 0 Å². The fourth-order valence-corrected chi connectivity index (χ4v) is 2.16. The number of pyridine rings is 1. The summed E-state index contributed by atoms with van der Waals surface area (Å²) < 4.78 is 0. The second-order valence-corrected chi connectivity index (χ2v) is 4.14. The first-order valence-corrected chi connectivity index (χ1v) is 5.78. The Bertz CT molecular complexity index is 542. The number of rotatable bonds is 1. The van der Waals surface area contributed by atoms with Crippen LogP contribution >= 0.6 is 0 Å². The van der Waals surface area contributed by atoms with Gasteiger partial charge >= 0.3 is 0 Å². The summed E-state index contributed by atoms with van der Waals surface area (Å²) in [5.74, 6) is 0.0662. The van der Waals surface area contributed by atoms with Gasteiger partial charge in [0.1, 0.15) is 5.52 Å². The van der Waals surface area contributed by atoms with Crippen molar-refractivity contribution in [2.45, 2.75) is 0 Å². The van der Waals surface area contributed by atoms with Gasteiger partial charge < -0.3 is 15.2 Å². The van der Waals surface area contributed by atoms with E-state index in [2.05, 4.69) is 15.3 Å². The van der Waals surface area contributed by atoms with E-state index in [9.17, 15) is 4.79 Å². The average Bonchev–Trinajstić information content (AvgIpc) is 2.83. The molecule has 88 valence electrons. The molecule has 0 aliphatic carbocycles. The molecular formula is C12H14N4O. The number of aromatic amines is 1. The van der Waals surface area contributed by atoms with Crippen LogP contribution in [0.4, 0.5) is 0 Å². The standard InChI is InChI=1S/C12H14N4O/c17-12(16-6-4-13-5-7-16)9-8-15-10-2-1-3-14-11(9)10/h1-3,8,13,15H,4-7H2.